The number of thioether (sulfide) groups is 1. The number of hydrogen-bond acceptors (Lipinski definition) is 3. The van der Waals surface area contributed by atoms with Crippen LogP contribution in [0.1, 0.15) is 19.8 Å². The van der Waals surface area contributed by atoms with Gasteiger partial charge in [0, 0.05) is 25.4 Å². The highest BCUT2D eigenvalue weighted by Gasteiger charge is 2.40. The Kier molecular flexibility index (Phi) is 2.63. The summed E-state index contributed by atoms with van der Waals surface area (Å²) in [6.07, 6.45) is 2.64. The van der Waals surface area contributed by atoms with Crippen LogP contribution < -0.4 is 5.32 Å². The van der Waals surface area contributed by atoms with E-state index in [0.717, 1.165) is 0 Å². The molecule has 3 heteroatoms. The lowest BCUT2D eigenvalue weighted by molar-refractivity contribution is 0.325. The van der Waals surface area contributed by atoms with E-state index in [1.165, 1.54) is 44.8 Å². The van der Waals surface area contributed by atoms with Gasteiger partial charge >= 0.3 is 0 Å². The van der Waals surface area contributed by atoms with Crippen LogP contribution in [-0.4, -0.2) is 41.7 Å². The molecule has 0 aromatic rings. The lowest BCUT2D eigenvalue weighted by Gasteiger charge is -2.23. The maximum Gasteiger partial charge on any atom is 0.0786 e. The molecule has 2 saturated heterocycles. The Morgan fingerprint density at radius 2 is 2.50 bits per heavy atom. The molecule has 0 bridgehead atoms. The Labute approximate surface area is 79.1 Å². The molecule has 2 nitrogen and oxygen atoms in total. The smallest absolute Gasteiger partial charge is 0.0786 e. The van der Waals surface area contributed by atoms with E-state index in [1.807, 2.05) is 0 Å². The SMILES string of the molecule is CCCN1CCC2(C1)NCCS2. The number of nitrogens with zero attached hydrogens (tertiary/aromatic N) is 1. The average Bonchev–Trinajstić information content (AvgIpc) is 2.65. The molecule has 12 heavy (non-hydrogen) atoms. The highest BCUT2D eigenvalue weighted by atomic mass is 32.2. The van der Waals surface area contributed by atoms with E-state index < -0.39 is 0 Å². The fraction of sp³-hybridized carbons (Fsp3) is 1.00. The standard InChI is InChI=1S/C9H18N2S/c1-2-5-11-6-3-9(8-11)10-4-7-12-9/h10H,2-8H2,1H3. The van der Waals surface area contributed by atoms with Gasteiger partial charge in [-0.1, -0.05) is 6.92 Å². The third-order valence-electron chi connectivity index (χ3n) is 2.78. The van der Waals surface area contributed by atoms with Crippen LogP contribution in [0.15, 0.2) is 0 Å². The van der Waals surface area contributed by atoms with E-state index in [9.17, 15) is 0 Å². The molecule has 1 spiro atoms. The normalized spacial score (nSPS) is 36.8. The van der Waals surface area contributed by atoms with Gasteiger partial charge in [0.15, 0.2) is 0 Å². The minimum atomic E-state index is 0.454. The van der Waals surface area contributed by atoms with Gasteiger partial charge in [0.25, 0.3) is 0 Å². The maximum atomic E-state index is 3.64. The molecule has 2 aliphatic rings. The summed E-state index contributed by atoms with van der Waals surface area (Å²) in [5.74, 6) is 1.31. The van der Waals surface area contributed by atoms with Gasteiger partial charge in [0.2, 0.25) is 0 Å². The summed E-state index contributed by atoms with van der Waals surface area (Å²) >= 11 is 2.13. The summed E-state index contributed by atoms with van der Waals surface area (Å²) in [7, 11) is 0. The van der Waals surface area contributed by atoms with Crippen LogP contribution >= 0.6 is 11.8 Å². The Morgan fingerprint density at radius 1 is 1.58 bits per heavy atom. The van der Waals surface area contributed by atoms with Crippen LogP contribution in [0.4, 0.5) is 0 Å². The van der Waals surface area contributed by atoms with Crippen molar-refractivity contribution in [1.29, 1.82) is 0 Å². The van der Waals surface area contributed by atoms with Gasteiger partial charge in [0.05, 0.1) is 4.87 Å². The fourth-order valence-electron chi connectivity index (χ4n) is 2.20. The molecular weight excluding hydrogens is 168 g/mol. The molecule has 1 N–H and O–H groups in total. The lowest BCUT2D eigenvalue weighted by Crippen LogP contribution is -2.40. The second-order valence-corrected chi connectivity index (χ2v) is 5.27. The van der Waals surface area contributed by atoms with Gasteiger partial charge in [-0.3, -0.25) is 0 Å². The number of likely N-dealkylation sites (tertiary alicyclic amines) is 1. The highest BCUT2D eigenvalue weighted by molar-refractivity contribution is 8.00. The van der Waals surface area contributed by atoms with Crippen molar-refractivity contribution in [2.24, 2.45) is 0 Å². The summed E-state index contributed by atoms with van der Waals surface area (Å²) in [6, 6.07) is 0. The first-order valence-corrected chi connectivity index (χ1v) is 5.94. The molecule has 0 amide bonds. The largest absolute Gasteiger partial charge is 0.301 e. The minimum absolute atomic E-state index is 0.454. The van der Waals surface area contributed by atoms with E-state index in [0.29, 0.717) is 4.87 Å². The summed E-state index contributed by atoms with van der Waals surface area (Å²) < 4.78 is 0. The average molecular weight is 186 g/mol. The van der Waals surface area contributed by atoms with Crippen LogP contribution in [0.25, 0.3) is 0 Å². The predicted molar refractivity (Wildman–Crippen MR) is 54.5 cm³/mol. The molecule has 2 heterocycles. The van der Waals surface area contributed by atoms with E-state index in [-0.39, 0.29) is 0 Å². The van der Waals surface area contributed by atoms with Crippen molar-refractivity contribution < 1.29 is 0 Å². The van der Waals surface area contributed by atoms with Crippen LogP contribution in [0.3, 0.4) is 0 Å². The van der Waals surface area contributed by atoms with E-state index in [1.54, 1.807) is 0 Å². The van der Waals surface area contributed by atoms with Crippen LogP contribution in [0, 0.1) is 0 Å². The molecule has 1 unspecified atom stereocenters. The summed E-state index contributed by atoms with van der Waals surface area (Å²) in [6.45, 7) is 7.33. The molecule has 0 radical (unpaired) electrons. The molecule has 1 atom stereocenters. The van der Waals surface area contributed by atoms with Crippen LogP contribution in [0.2, 0.25) is 0 Å². The topological polar surface area (TPSA) is 15.3 Å². The van der Waals surface area contributed by atoms with E-state index in [4.69, 9.17) is 0 Å². The van der Waals surface area contributed by atoms with Crippen molar-refractivity contribution in [1.82, 2.24) is 10.2 Å². The molecule has 70 valence electrons. The molecule has 0 aliphatic carbocycles. The van der Waals surface area contributed by atoms with Crippen molar-refractivity contribution >= 4 is 11.8 Å². The minimum Gasteiger partial charge on any atom is -0.301 e. The Bertz CT molecular complexity index is 155. The Hall–Kier alpha value is 0.270. The van der Waals surface area contributed by atoms with Gasteiger partial charge in [-0.15, -0.1) is 11.8 Å². The number of nitrogens with one attached hydrogen (secondary N) is 1. The van der Waals surface area contributed by atoms with Gasteiger partial charge in [-0.2, -0.15) is 0 Å². The predicted octanol–water partition coefficient (Wildman–Crippen LogP) is 1.13. The van der Waals surface area contributed by atoms with Crippen molar-refractivity contribution in [2.45, 2.75) is 24.6 Å². The van der Waals surface area contributed by atoms with Gasteiger partial charge in [-0.25, -0.2) is 0 Å². The highest BCUT2D eigenvalue weighted by Crippen LogP contribution is 2.35. The van der Waals surface area contributed by atoms with Crippen molar-refractivity contribution in [3.8, 4) is 0 Å². The van der Waals surface area contributed by atoms with Crippen molar-refractivity contribution in [3.05, 3.63) is 0 Å². The number of hydrogen-bond donors (Lipinski definition) is 1. The summed E-state index contributed by atoms with van der Waals surface area (Å²) in [5.41, 5.74) is 0. The van der Waals surface area contributed by atoms with Crippen LogP contribution in [0.5, 0.6) is 0 Å². The molecule has 0 aromatic heterocycles. The van der Waals surface area contributed by atoms with Crippen LogP contribution in [-0.2, 0) is 0 Å². The van der Waals surface area contributed by atoms with E-state index in [2.05, 4.69) is 28.9 Å². The van der Waals surface area contributed by atoms with Gasteiger partial charge in [0.1, 0.15) is 0 Å². The third kappa shape index (κ3) is 1.63. The molecule has 0 saturated carbocycles. The fourth-order valence-corrected chi connectivity index (χ4v) is 3.51. The summed E-state index contributed by atoms with van der Waals surface area (Å²) in [5, 5.41) is 3.64. The first-order chi connectivity index (χ1) is 5.85. The van der Waals surface area contributed by atoms with E-state index >= 15 is 0 Å². The monoisotopic (exact) mass is 186 g/mol. The zero-order valence-electron chi connectivity index (χ0n) is 7.81. The second kappa shape index (κ2) is 3.56. The van der Waals surface area contributed by atoms with Crippen molar-refractivity contribution in [3.63, 3.8) is 0 Å². The Morgan fingerprint density at radius 3 is 3.17 bits per heavy atom. The summed E-state index contributed by atoms with van der Waals surface area (Å²) in [4.78, 5) is 3.04. The molecule has 2 fully saturated rings. The maximum absolute atomic E-state index is 3.64. The molecule has 0 aromatic carbocycles. The van der Waals surface area contributed by atoms with Crippen molar-refractivity contribution in [2.75, 3.05) is 31.9 Å². The number of rotatable bonds is 2. The molecule has 2 rings (SSSR count). The third-order valence-corrected chi connectivity index (χ3v) is 4.22. The molecular formula is C9H18N2S. The zero-order chi connectivity index (χ0) is 8.44. The van der Waals surface area contributed by atoms with Gasteiger partial charge < -0.3 is 10.2 Å². The van der Waals surface area contributed by atoms with Gasteiger partial charge in [-0.05, 0) is 19.4 Å². The first kappa shape index (κ1) is 8.85. The Balaban J connectivity index is 1.88. The second-order valence-electron chi connectivity index (χ2n) is 3.80. The quantitative estimate of drug-likeness (QED) is 0.696. The lowest BCUT2D eigenvalue weighted by atomic mass is 10.2. The molecule has 2 aliphatic heterocycles. The zero-order valence-corrected chi connectivity index (χ0v) is 8.62. The first-order valence-electron chi connectivity index (χ1n) is 4.96.